The summed E-state index contributed by atoms with van der Waals surface area (Å²) in [5.41, 5.74) is 2.77. The van der Waals surface area contributed by atoms with Gasteiger partial charge in [0.25, 0.3) is 5.91 Å². The van der Waals surface area contributed by atoms with E-state index in [0.717, 1.165) is 18.4 Å². The second kappa shape index (κ2) is 8.75. The summed E-state index contributed by atoms with van der Waals surface area (Å²) in [5.74, 6) is -0.0634. The van der Waals surface area contributed by atoms with Gasteiger partial charge in [0.05, 0.1) is 18.1 Å². The number of hydrogen-bond donors (Lipinski definition) is 2. The van der Waals surface area contributed by atoms with Crippen molar-refractivity contribution in [3.63, 3.8) is 0 Å². The van der Waals surface area contributed by atoms with Crippen LogP contribution in [-0.4, -0.2) is 47.3 Å². The Morgan fingerprint density at radius 2 is 2.08 bits per heavy atom. The minimum absolute atomic E-state index is 0. The third-order valence-electron chi connectivity index (χ3n) is 4.99. The van der Waals surface area contributed by atoms with Crippen molar-refractivity contribution >= 4 is 25.3 Å². The molecule has 7 nitrogen and oxygen atoms in total. The molecule has 1 saturated heterocycles. The maximum Gasteiger partial charge on any atom is 0.274 e. The minimum Gasteiger partial charge on any atom is -0.491 e. The van der Waals surface area contributed by atoms with Gasteiger partial charge in [0.2, 0.25) is 5.91 Å². The number of nitrogens with zero attached hydrogens (tertiary/aromatic N) is 1. The predicted octanol–water partition coefficient (Wildman–Crippen LogP) is 1.84. The maximum absolute atomic E-state index is 13.1. The molecular weight excluding hydrogens is 356 g/mol. The molecule has 2 amide bonds. The largest absolute Gasteiger partial charge is 0.491 e. The van der Waals surface area contributed by atoms with Crippen LogP contribution in [0.3, 0.4) is 0 Å². The number of rotatable bonds is 2. The Labute approximate surface area is 160 Å². The zero-order valence-corrected chi connectivity index (χ0v) is 16.0. The van der Waals surface area contributed by atoms with Gasteiger partial charge < -0.3 is 14.4 Å². The van der Waals surface area contributed by atoms with Crippen LogP contribution in [0.15, 0.2) is 18.2 Å². The molecule has 1 aromatic carbocycles. The van der Waals surface area contributed by atoms with Crippen molar-refractivity contribution < 1.29 is 24.3 Å². The molecule has 3 rings (SSSR count). The second-order valence-electron chi connectivity index (χ2n) is 6.71. The predicted molar refractivity (Wildman–Crippen MR) is 99.7 cm³/mol. The first-order chi connectivity index (χ1) is 12.0. The van der Waals surface area contributed by atoms with E-state index in [1.807, 2.05) is 18.7 Å². The Morgan fingerprint density at radius 3 is 2.77 bits per heavy atom. The van der Waals surface area contributed by atoms with Crippen molar-refractivity contribution in [3.05, 3.63) is 29.3 Å². The van der Waals surface area contributed by atoms with E-state index in [-0.39, 0.29) is 37.5 Å². The van der Waals surface area contributed by atoms with Crippen LogP contribution in [0.4, 0.5) is 0 Å². The highest BCUT2D eigenvalue weighted by Crippen LogP contribution is 2.30. The standard InChI is InChI=1S/C18H24N2O5.H2S/c1-11-10-25-16-8-13(17(21)19-23)5-6-14(16)9-20(11)18(22)15-4-3-7-24-12(15)2;/h5-6,8,11-12,15,23H,3-4,7,9-10H2,1-2H3,(H,19,21);1H2/t11-,12?,15?;/m0./s1. The molecule has 2 heterocycles. The van der Waals surface area contributed by atoms with E-state index in [1.54, 1.807) is 23.7 Å². The van der Waals surface area contributed by atoms with Gasteiger partial charge in [0, 0.05) is 24.3 Å². The first kappa shape index (κ1) is 20.5. The topological polar surface area (TPSA) is 88.1 Å². The molecule has 144 valence electrons. The van der Waals surface area contributed by atoms with Gasteiger partial charge in [0.15, 0.2) is 0 Å². The molecule has 8 heteroatoms. The maximum atomic E-state index is 13.1. The van der Waals surface area contributed by atoms with Crippen LogP contribution in [0.2, 0.25) is 0 Å². The monoisotopic (exact) mass is 382 g/mol. The lowest BCUT2D eigenvalue weighted by Gasteiger charge is -2.35. The van der Waals surface area contributed by atoms with Crippen molar-refractivity contribution in [1.82, 2.24) is 10.4 Å². The van der Waals surface area contributed by atoms with Gasteiger partial charge in [-0.25, -0.2) is 5.48 Å². The molecular formula is C18H26N2O5S. The third-order valence-corrected chi connectivity index (χ3v) is 4.99. The highest BCUT2D eigenvalue weighted by Gasteiger charge is 2.35. The molecule has 0 spiro atoms. The molecule has 1 aromatic rings. The number of carbonyl (C=O) groups excluding carboxylic acids is 2. The lowest BCUT2D eigenvalue weighted by atomic mass is 9.93. The summed E-state index contributed by atoms with van der Waals surface area (Å²) >= 11 is 0. The van der Waals surface area contributed by atoms with Crippen LogP contribution >= 0.6 is 13.5 Å². The van der Waals surface area contributed by atoms with Crippen LogP contribution in [0, 0.1) is 5.92 Å². The van der Waals surface area contributed by atoms with E-state index in [9.17, 15) is 9.59 Å². The van der Waals surface area contributed by atoms with E-state index >= 15 is 0 Å². The molecule has 2 unspecified atom stereocenters. The number of ether oxygens (including phenoxy) is 2. The Morgan fingerprint density at radius 1 is 1.31 bits per heavy atom. The van der Waals surface area contributed by atoms with Gasteiger partial charge in [-0.15, -0.1) is 0 Å². The molecule has 1 fully saturated rings. The van der Waals surface area contributed by atoms with Crippen molar-refractivity contribution in [2.24, 2.45) is 5.92 Å². The average molecular weight is 382 g/mol. The summed E-state index contributed by atoms with van der Waals surface area (Å²) < 4.78 is 11.4. The van der Waals surface area contributed by atoms with Gasteiger partial charge in [-0.05, 0) is 38.8 Å². The zero-order chi connectivity index (χ0) is 18.0. The number of hydroxylamine groups is 1. The molecule has 0 aromatic heterocycles. The fourth-order valence-corrected chi connectivity index (χ4v) is 3.42. The summed E-state index contributed by atoms with van der Waals surface area (Å²) in [6.45, 7) is 5.40. The van der Waals surface area contributed by atoms with Gasteiger partial charge in [-0.1, -0.05) is 6.07 Å². The van der Waals surface area contributed by atoms with Crippen LogP contribution < -0.4 is 10.2 Å². The van der Waals surface area contributed by atoms with Crippen LogP contribution in [0.25, 0.3) is 0 Å². The molecule has 2 aliphatic heterocycles. The molecule has 0 bridgehead atoms. The summed E-state index contributed by atoms with van der Waals surface area (Å²) in [6.07, 6.45) is 1.66. The molecule has 0 aliphatic carbocycles. The number of hydrogen-bond acceptors (Lipinski definition) is 5. The smallest absolute Gasteiger partial charge is 0.274 e. The van der Waals surface area contributed by atoms with Crippen molar-refractivity contribution in [3.8, 4) is 5.75 Å². The van der Waals surface area contributed by atoms with E-state index in [1.165, 1.54) is 0 Å². The van der Waals surface area contributed by atoms with Crippen molar-refractivity contribution in [2.45, 2.75) is 45.4 Å². The average Bonchev–Trinajstić information content (AvgIpc) is 2.79. The zero-order valence-electron chi connectivity index (χ0n) is 15.0. The molecule has 26 heavy (non-hydrogen) atoms. The Balaban J connectivity index is 0.00000243. The Hall–Kier alpha value is -1.77. The lowest BCUT2D eigenvalue weighted by Crippen LogP contribution is -2.47. The number of fused-ring (bicyclic) bond motifs is 1. The third kappa shape index (κ3) is 4.13. The van der Waals surface area contributed by atoms with E-state index in [0.29, 0.717) is 31.1 Å². The summed E-state index contributed by atoms with van der Waals surface area (Å²) in [4.78, 5) is 26.5. The van der Waals surface area contributed by atoms with E-state index in [4.69, 9.17) is 14.7 Å². The molecule has 0 saturated carbocycles. The summed E-state index contributed by atoms with van der Waals surface area (Å²) in [7, 11) is 0. The minimum atomic E-state index is -0.593. The second-order valence-corrected chi connectivity index (χ2v) is 6.71. The first-order valence-corrected chi connectivity index (χ1v) is 8.63. The number of amides is 2. The highest BCUT2D eigenvalue weighted by molar-refractivity contribution is 7.59. The highest BCUT2D eigenvalue weighted by atomic mass is 32.1. The number of carbonyl (C=O) groups is 2. The van der Waals surface area contributed by atoms with E-state index in [2.05, 4.69) is 0 Å². The van der Waals surface area contributed by atoms with Gasteiger partial charge in [-0.2, -0.15) is 13.5 Å². The Bertz CT molecular complexity index is 669. The fourth-order valence-electron chi connectivity index (χ4n) is 3.42. The Kier molecular flexibility index (Phi) is 6.91. The molecule has 2 N–H and O–H groups in total. The lowest BCUT2D eigenvalue weighted by molar-refractivity contribution is -0.147. The van der Waals surface area contributed by atoms with Gasteiger partial charge in [-0.3, -0.25) is 14.8 Å². The number of nitrogens with one attached hydrogen (secondary N) is 1. The number of benzene rings is 1. The molecule has 2 aliphatic rings. The van der Waals surface area contributed by atoms with Crippen LogP contribution in [0.5, 0.6) is 5.75 Å². The SMILES string of the molecule is CC1OCCCC1C(=O)N1Cc2ccc(C(=O)NO)cc2OC[C@@H]1C.S. The first-order valence-electron chi connectivity index (χ1n) is 8.63. The van der Waals surface area contributed by atoms with Crippen LogP contribution in [0.1, 0.15) is 42.6 Å². The summed E-state index contributed by atoms with van der Waals surface area (Å²) in [6, 6.07) is 4.88. The molecule has 3 atom stereocenters. The van der Waals surface area contributed by atoms with E-state index < -0.39 is 5.91 Å². The van der Waals surface area contributed by atoms with Crippen molar-refractivity contribution in [1.29, 1.82) is 0 Å². The van der Waals surface area contributed by atoms with Crippen LogP contribution in [-0.2, 0) is 16.1 Å². The normalized spacial score (nSPS) is 25.2. The van der Waals surface area contributed by atoms with Crippen molar-refractivity contribution in [2.75, 3.05) is 13.2 Å². The molecule has 0 radical (unpaired) electrons. The summed E-state index contributed by atoms with van der Waals surface area (Å²) in [5, 5.41) is 8.77. The quantitative estimate of drug-likeness (QED) is 0.602. The fraction of sp³-hybridized carbons (Fsp3) is 0.556. The van der Waals surface area contributed by atoms with Gasteiger partial charge >= 0.3 is 0 Å². The van der Waals surface area contributed by atoms with Gasteiger partial charge in [0.1, 0.15) is 12.4 Å².